The predicted octanol–water partition coefficient (Wildman–Crippen LogP) is 5.30. The average molecular weight is 511 g/mol. The van der Waals surface area contributed by atoms with E-state index in [1.54, 1.807) is 24.3 Å². The number of carboxylic acid groups (broad SMARTS) is 1. The van der Waals surface area contributed by atoms with Gasteiger partial charge in [-0.1, -0.05) is 42.5 Å². The van der Waals surface area contributed by atoms with Crippen LogP contribution in [0.2, 0.25) is 0 Å². The van der Waals surface area contributed by atoms with Gasteiger partial charge in [0.05, 0.1) is 29.4 Å². The minimum atomic E-state index is -1.10. The zero-order valence-corrected chi connectivity index (χ0v) is 21.9. The van der Waals surface area contributed by atoms with Crippen LogP contribution in [-0.4, -0.2) is 60.3 Å². The number of rotatable bonds is 6. The quantitative estimate of drug-likeness (QED) is 0.356. The van der Waals surface area contributed by atoms with E-state index in [4.69, 9.17) is 4.98 Å². The van der Waals surface area contributed by atoms with Crippen molar-refractivity contribution in [3.63, 3.8) is 0 Å². The van der Waals surface area contributed by atoms with Crippen LogP contribution in [0.25, 0.3) is 16.9 Å². The molecule has 1 aliphatic heterocycles. The van der Waals surface area contributed by atoms with Gasteiger partial charge in [-0.2, -0.15) is 0 Å². The normalized spacial score (nSPS) is 14.2. The van der Waals surface area contributed by atoms with Gasteiger partial charge in [0.2, 0.25) is 0 Å². The summed E-state index contributed by atoms with van der Waals surface area (Å²) in [7, 11) is 0. The summed E-state index contributed by atoms with van der Waals surface area (Å²) >= 11 is 0. The highest BCUT2D eigenvalue weighted by Gasteiger charge is 2.40. The van der Waals surface area contributed by atoms with Gasteiger partial charge in [-0.05, 0) is 63.4 Å². The van der Waals surface area contributed by atoms with E-state index in [1.165, 1.54) is 9.80 Å². The van der Waals surface area contributed by atoms with Crippen molar-refractivity contribution in [1.29, 1.82) is 0 Å². The maximum atomic E-state index is 13.1. The van der Waals surface area contributed by atoms with Crippen molar-refractivity contribution in [1.82, 2.24) is 19.2 Å². The fourth-order valence-corrected chi connectivity index (χ4v) is 5.22. The van der Waals surface area contributed by atoms with Gasteiger partial charge in [-0.15, -0.1) is 0 Å². The third-order valence-corrected chi connectivity index (χ3v) is 6.96. The summed E-state index contributed by atoms with van der Waals surface area (Å²) in [5.74, 6) is -0.792. The Morgan fingerprint density at radius 3 is 2.16 bits per heavy atom. The van der Waals surface area contributed by atoms with Crippen LogP contribution in [0.4, 0.5) is 4.79 Å². The van der Waals surface area contributed by atoms with Crippen molar-refractivity contribution < 1.29 is 19.5 Å². The first-order valence-electron chi connectivity index (χ1n) is 12.6. The van der Waals surface area contributed by atoms with Crippen molar-refractivity contribution in [2.24, 2.45) is 0 Å². The number of aromatic nitrogens is 2. The minimum absolute atomic E-state index is 0.0383. The number of amides is 3. The lowest BCUT2D eigenvalue weighted by atomic mass is 9.97. The van der Waals surface area contributed by atoms with Gasteiger partial charge < -0.3 is 9.51 Å². The smallest absolute Gasteiger partial charge is 0.408 e. The molecule has 1 unspecified atom stereocenters. The molecule has 3 amide bonds. The lowest BCUT2D eigenvalue weighted by Crippen LogP contribution is -2.56. The van der Waals surface area contributed by atoms with Crippen LogP contribution in [0.3, 0.4) is 0 Å². The minimum Gasteiger partial charge on any atom is -0.465 e. The molecule has 0 saturated heterocycles. The maximum Gasteiger partial charge on any atom is 0.408 e. The maximum absolute atomic E-state index is 13.1. The van der Waals surface area contributed by atoms with Crippen LogP contribution in [0.5, 0.6) is 0 Å². The Morgan fingerprint density at radius 1 is 0.974 bits per heavy atom. The summed E-state index contributed by atoms with van der Waals surface area (Å²) in [5, 5.41) is 10.1. The zero-order valence-electron chi connectivity index (χ0n) is 21.9. The monoisotopic (exact) mass is 510 g/mol. The first-order valence-corrected chi connectivity index (χ1v) is 12.6. The third kappa shape index (κ3) is 4.53. The summed E-state index contributed by atoms with van der Waals surface area (Å²) in [5.41, 5.74) is 4.61. The molecular formula is C30H30N4O4. The van der Waals surface area contributed by atoms with Crippen molar-refractivity contribution in [2.75, 3.05) is 6.54 Å². The second kappa shape index (κ2) is 9.45. The number of hydrogen-bond acceptors (Lipinski definition) is 4. The summed E-state index contributed by atoms with van der Waals surface area (Å²) in [6.07, 6.45) is 3.18. The molecule has 1 atom stereocenters. The molecule has 0 saturated carbocycles. The van der Waals surface area contributed by atoms with Gasteiger partial charge in [0.25, 0.3) is 11.8 Å². The van der Waals surface area contributed by atoms with Crippen LogP contribution in [-0.2, 0) is 6.42 Å². The summed E-state index contributed by atoms with van der Waals surface area (Å²) in [6, 6.07) is 17.9. The molecule has 38 heavy (non-hydrogen) atoms. The Hall–Kier alpha value is -4.46. The van der Waals surface area contributed by atoms with Crippen molar-refractivity contribution in [3.8, 4) is 11.3 Å². The second-order valence-corrected chi connectivity index (χ2v) is 10.7. The summed E-state index contributed by atoms with van der Waals surface area (Å²) < 4.78 is 1.99. The molecule has 194 valence electrons. The Kier molecular flexibility index (Phi) is 6.26. The molecule has 0 bridgehead atoms. The van der Waals surface area contributed by atoms with E-state index in [2.05, 4.69) is 0 Å². The molecule has 1 N–H and O–H groups in total. The number of nitrogens with zero attached hydrogens (tertiary/aromatic N) is 4. The van der Waals surface area contributed by atoms with Crippen LogP contribution in [0.1, 0.15) is 52.6 Å². The number of pyridine rings is 1. The molecule has 4 aromatic rings. The Bertz CT molecular complexity index is 1510. The topological polar surface area (TPSA) is 95.2 Å². The highest BCUT2D eigenvalue weighted by Crippen LogP contribution is 2.28. The molecular weight excluding hydrogens is 480 g/mol. The van der Waals surface area contributed by atoms with Crippen LogP contribution < -0.4 is 0 Å². The highest BCUT2D eigenvalue weighted by molar-refractivity contribution is 6.21. The number of aryl methyl sites for hydroxylation is 1. The summed E-state index contributed by atoms with van der Waals surface area (Å²) in [6.45, 7) is 7.41. The first kappa shape index (κ1) is 25.2. The Balaban J connectivity index is 1.44. The molecule has 2 aromatic heterocycles. The Morgan fingerprint density at radius 2 is 1.61 bits per heavy atom. The van der Waals surface area contributed by atoms with Crippen LogP contribution >= 0.6 is 0 Å². The van der Waals surface area contributed by atoms with E-state index in [9.17, 15) is 19.5 Å². The number of carbonyl (C=O) groups is 3. The van der Waals surface area contributed by atoms with Gasteiger partial charge in [-0.25, -0.2) is 9.78 Å². The number of benzene rings is 2. The molecule has 1 aliphatic rings. The van der Waals surface area contributed by atoms with Gasteiger partial charge >= 0.3 is 6.09 Å². The third-order valence-electron chi connectivity index (χ3n) is 6.96. The fraction of sp³-hybridized carbons (Fsp3) is 0.267. The van der Waals surface area contributed by atoms with Crippen molar-refractivity contribution >= 4 is 23.6 Å². The molecule has 0 aliphatic carbocycles. The number of imidazole rings is 1. The van der Waals surface area contributed by atoms with E-state index < -0.39 is 29.5 Å². The molecule has 2 aromatic carbocycles. The summed E-state index contributed by atoms with van der Waals surface area (Å²) in [4.78, 5) is 45.8. The van der Waals surface area contributed by atoms with Gasteiger partial charge in [0, 0.05) is 23.5 Å². The number of imide groups is 1. The average Bonchev–Trinajstić information content (AvgIpc) is 3.40. The van der Waals surface area contributed by atoms with Crippen molar-refractivity contribution in [3.05, 3.63) is 95.3 Å². The molecule has 0 radical (unpaired) electrons. The predicted molar refractivity (Wildman–Crippen MR) is 144 cm³/mol. The zero-order chi connectivity index (χ0) is 27.2. The van der Waals surface area contributed by atoms with E-state index in [0.717, 1.165) is 28.0 Å². The molecule has 8 nitrogen and oxygen atoms in total. The fourth-order valence-electron chi connectivity index (χ4n) is 5.22. The molecule has 0 spiro atoms. The highest BCUT2D eigenvalue weighted by atomic mass is 16.4. The Labute approximate surface area is 221 Å². The van der Waals surface area contributed by atoms with Gasteiger partial charge in [0.1, 0.15) is 5.65 Å². The standard InChI is InChI=1S/C30H30N4O4/c1-19-8-7-15-32-18-25(31-26(19)32)21-13-11-20(12-14-21)16-22(34(29(37)38)30(2,3)4)17-33-27(35)23-9-5-6-10-24(23)28(33)36/h5-15,18,22H,16-17H2,1-4H3,(H,37,38). The molecule has 0 fully saturated rings. The molecule has 8 heteroatoms. The van der Waals surface area contributed by atoms with E-state index >= 15 is 0 Å². The largest absolute Gasteiger partial charge is 0.465 e. The SMILES string of the molecule is Cc1cccn2cc(-c3ccc(CC(CN4C(=O)c5ccccc5C4=O)N(C(=O)O)C(C)(C)C)cc3)nc12. The molecule has 5 rings (SSSR count). The number of fused-ring (bicyclic) bond motifs is 2. The van der Waals surface area contributed by atoms with E-state index in [0.29, 0.717) is 17.5 Å². The first-order chi connectivity index (χ1) is 18.0. The lowest BCUT2D eigenvalue weighted by molar-refractivity contribution is 0.0431. The lowest BCUT2D eigenvalue weighted by Gasteiger charge is -2.41. The van der Waals surface area contributed by atoms with E-state index in [-0.39, 0.29) is 6.54 Å². The number of carbonyl (C=O) groups excluding carboxylic acids is 2. The van der Waals surface area contributed by atoms with Crippen LogP contribution in [0, 0.1) is 6.92 Å². The van der Waals surface area contributed by atoms with Crippen LogP contribution in [0.15, 0.2) is 73.1 Å². The van der Waals surface area contributed by atoms with Gasteiger partial charge in [0.15, 0.2) is 0 Å². The van der Waals surface area contributed by atoms with Gasteiger partial charge in [-0.3, -0.25) is 19.4 Å². The van der Waals surface area contributed by atoms with E-state index in [1.807, 2.05) is 80.9 Å². The molecule has 3 heterocycles. The number of hydrogen-bond donors (Lipinski definition) is 1. The second-order valence-electron chi connectivity index (χ2n) is 10.7. The van der Waals surface area contributed by atoms with Crippen molar-refractivity contribution in [2.45, 2.75) is 45.7 Å².